The van der Waals surface area contributed by atoms with Crippen LogP contribution in [0.2, 0.25) is 5.02 Å². The number of hydrogen-bond donors (Lipinski definition) is 1. The van der Waals surface area contributed by atoms with Crippen LogP contribution in [0.25, 0.3) is 5.69 Å². The number of hydrogen-bond acceptors (Lipinski definition) is 3. The number of fused-ring (bicyclic) bond motifs is 3. The van der Waals surface area contributed by atoms with E-state index in [1.165, 1.54) is 11.1 Å². The van der Waals surface area contributed by atoms with Crippen LogP contribution in [0, 0.1) is 5.82 Å². The molecule has 1 aliphatic heterocycles. The molecule has 2 aliphatic rings. The third-order valence-corrected chi connectivity index (χ3v) is 6.30. The average Bonchev–Trinajstić information content (AvgIpc) is 3.04. The summed E-state index contributed by atoms with van der Waals surface area (Å²) in [4.78, 5) is 0. The Labute approximate surface area is 180 Å². The van der Waals surface area contributed by atoms with Crippen LogP contribution in [0.5, 0.6) is 0 Å². The third-order valence-electron chi connectivity index (χ3n) is 6.07. The summed E-state index contributed by atoms with van der Waals surface area (Å²) in [6.45, 7) is 1.47. The van der Waals surface area contributed by atoms with E-state index in [1.54, 1.807) is 12.1 Å². The molecule has 152 valence electrons. The molecule has 1 N–H and O–H groups in total. The highest BCUT2D eigenvalue weighted by molar-refractivity contribution is 6.30. The first-order valence-electron chi connectivity index (χ1n) is 9.88. The summed E-state index contributed by atoms with van der Waals surface area (Å²) < 4.78 is 15.4. The van der Waals surface area contributed by atoms with Crippen LogP contribution in [-0.4, -0.2) is 14.8 Å². The first kappa shape index (κ1) is 20.3. The van der Waals surface area contributed by atoms with E-state index in [-0.39, 0.29) is 18.2 Å². The van der Waals surface area contributed by atoms with Gasteiger partial charge in [-0.3, -0.25) is 4.57 Å². The number of nitrogens with zero attached hydrogens (tertiary/aromatic N) is 3. The predicted molar refractivity (Wildman–Crippen MR) is 115 cm³/mol. The fraction of sp³-hybridized carbons (Fsp3) is 0.364. The number of benzene rings is 2. The Kier molecular flexibility index (Phi) is 5.91. The highest BCUT2D eigenvalue weighted by Crippen LogP contribution is 2.41. The fourth-order valence-corrected chi connectivity index (χ4v) is 4.81. The molecule has 0 amide bonds. The first-order valence-corrected chi connectivity index (χ1v) is 10.3. The van der Waals surface area contributed by atoms with Crippen molar-refractivity contribution in [2.45, 2.75) is 50.6 Å². The molecule has 4 nitrogen and oxygen atoms in total. The minimum absolute atomic E-state index is 0. The van der Waals surface area contributed by atoms with Crippen LogP contribution in [0.15, 0.2) is 42.5 Å². The molecule has 0 spiro atoms. The van der Waals surface area contributed by atoms with Crippen molar-refractivity contribution in [3.8, 4) is 5.69 Å². The average molecular weight is 433 g/mol. The maximum absolute atomic E-state index is 13.2. The zero-order valence-electron chi connectivity index (χ0n) is 15.9. The standard InChI is InChI=1S/C22H22ClFN4.ClH/c23-18-7-10-20-17(11-18)12-25-13-21-26-27-22(28(20)21)16-3-1-14(2-4-16)15-5-8-19(24)9-6-15;/h5-11,14,16,25H,1-4,12-13H2;1H/t14-,16+;. The lowest BCUT2D eigenvalue weighted by Gasteiger charge is -2.28. The van der Waals surface area contributed by atoms with Gasteiger partial charge in [-0.1, -0.05) is 23.7 Å². The fourth-order valence-electron chi connectivity index (χ4n) is 4.61. The topological polar surface area (TPSA) is 42.7 Å². The van der Waals surface area contributed by atoms with Crippen molar-refractivity contribution in [1.29, 1.82) is 0 Å². The molecule has 0 bridgehead atoms. The van der Waals surface area contributed by atoms with E-state index in [1.807, 2.05) is 24.3 Å². The number of halogens is 3. The Morgan fingerprint density at radius 3 is 2.41 bits per heavy atom. The Morgan fingerprint density at radius 2 is 1.66 bits per heavy atom. The quantitative estimate of drug-likeness (QED) is 0.578. The van der Waals surface area contributed by atoms with E-state index in [0.29, 0.717) is 18.4 Å². The van der Waals surface area contributed by atoms with Gasteiger partial charge in [0.05, 0.1) is 12.2 Å². The molecule has 1 saturated carbocycles. The SMILES string of the molecule is Cl.Fc1ccc([C@H]2CC[C@@H](c3nnc4n3-c3ccc(Cl)cc3CNC4)CC2)cc1. The molecule has 1 aliphatic carbocycles. The Morgan fingerprint density at radius 1 is 0.931 bits per heavy atom. The molecule has 5 rings (SSSR count). The van der Waals surface area contributed by atoms with Crippen LogP contribution >= 0.6 is 24.0 Å². The molecular formula is C22H23Cl2FN4. The van der Waals surface area contributed by atoms with Crippen molar-refractivity contribution < 1.29 is 4.39 Å². The highest BCUT2D eigenvalue weighted by Gasteiger charge is 2.29. The van der Waals surface area contributed by atoms with Gasteiger partial charge >= 0.3 is 0 Å². The van der Waals surface area contributed by atoms with Crippen LogP contribution < -0.4 is 5.32 Å². The summed E-state index contributed by atoms with van der Waals surface area (Å²) in [7, 11) is 0. The van der Waals surface area contributed by atoms with Crippen molar-refractivity contribution in [3.05, 3.63) is 76.1 Å². The summed E-state index contributed by atoms with van der Waals surface area (Å²) >= 11 is 6.21. The molecule has 0 radical (unpaired) electrons. The number of aromatic nitrogens is 3. The second-order valence-electron chi connectivity index (χ2n) is 7.79. The Bertz CT molecular complexity index is 995. The van der Waals surface area contributed by atoms with Crippen molar-refractivity contribution in [2.24, 2.45) is 0 Å². The Balaban J connectivity index is 0.00000205. The lowest BCUT2D eigenvalue weighted by Crippen LogP contribution is -2.17. The minimum atomic E-state index is -0.170. The Hall–Kier alpha value is -1.95. The molecule has 7 heteroatoms. The van der Waals surface area contributed by atoms with Gasteiger partial charge < -0.3 is 5.32 Å². The minimum Gasteiger partial charge on any atom is -0.306 e. The van der Waals surface area contributed by atoms with Gasteiger partial charge in [0.2, 0.25) is 0 Å². The molecule has 0 unspecified atom stereocenters. The van der Waals surface area contributed by atoms with E-state index in [9.17, 15) is 4.39 Å². The normalized spacial score (nSPS) is 20.9. The summed E-state index contributed by atoms with van der Waals surface area (Å²) in [5.74, 6) is 2.73. The highest BCUT2D eigenvalue weighted by atomic mass is 35.5. The van der Waals surface area contributed by atoms with Crippen molar-refractivity contribution in [2.75, 3.05) is 0 Å². The van der Waals surface area contributed by atoms with E-state index >= 15 is 0 Å². The van der Waals surface area contributed by atoms with E-state index in [4.69, 9.17) is 11.6 Å². The molecule has 0 atom stereocenters. The van der Waals surface area contributed by atoms with Gasteiger partial charge in [-0.05, 0) is 73.1 Å². The van der Waals surface area contributed by atoms with Gasteiger partial charge in [0.25, 0.3) is 0 Å². The van der Waals surface area contributed by atoms with Crippen LogP contribution in [0.1, 0.15) is 60.3 Å². The summed E-state index contributed by atoms with van der Waals surface area (Å²) in [5.41, 5.74) is 3.54. The lowest BCUT2D eigenvalue weighted by molar-refractivity contribution is 0.382. The third kappa shape index (κ3) is 3.91. The smallest absolute Gasteiger partial charge is 0.151 e. The molecule has 1 fully saturated rings. The van der Waals surface area contributed by atoms with E-state index in [2.05, 4.69) is 26.1 Å². The monoisotopic (exact) mass is 432 g/mol. The van der Waals surface area contributed by atoms with Crippen molar-refractivity contribution in [1.82, 2.24) is 20.1 Å². The summed E-state index contributed by atoms with van der Waals surface area (Å²) in [6.07, 6.45) is 4.31. The number of rotatable bonds is 2. The van der Waals surface area contributed by atoms with Crippen LogP contribution in [-0.2, 0) is 13.1 Å². The maximum Gasteiger partial charge on any atom is 0.151 e. The van der Waals surface area contributed by atoms with Crippen molar-refractivity contribution >= 4 is 24.0 Å². The molecule has 0 saturated heterocycles. The molecule has 2 aromatic carbocycles. The maximum atomic E-state index is 13.2. The summed E-state index contributed by atoms with van der Waals surface area (Å²) in [6, 6.07) is 13.0. The predicted octanol–water partition coefficient (Wildman–Crippen LogP) is 5.53. The number of nitrogens with one attached hydrogen (secondary N) is 1. The zero-order chi connectivity index (χ0) is 19.1. The van der Waals surface area contributed by atoms with Gasteiger partial charge in [0.15, 0.2) is 5.82 Å². The van der Waals surface area contributed by atoms with Crippen LogP contribution in [0.4, 0.5) is 4.39 Å². The zero-order valence-corrected chi connectivity index (χ0v) is 17.5. The largest absolute Gasteiger partial charge is 0.306 e. The summed E-state index contributed by atoms with van der Waals surface area (Å²) in [5, 5.41) is 13.2. The lowest BCUT2D eigenvalue weighted by atomic mass is 9.78. The molecule has 2 heterocycles. The first-order chi connectivity index (χ1) is 13.7. The van der Waals surface area contributed by atoms with Gasteiger partial charge in [0, 0.05) is 17.5 Å². The van der Waals surface area contributed by atoms with Gasteiger partial charge in [-0.2, -0.15) is 0 Å². The van der Waals surface area contributed by atoms with Crippen molar-refractivity contribution in [3.63, 3.8) is 0 Å². The van der Waals surface area contributed by atoms with E-state index < -0.39 is 0 Å². The second kappa shape index (κ2) is 8.42. The van der Waals surface area contributed by atoms with Gasteiger partial charge in [-0.25, -0.2) is 4.39 Å². The van der Waals surface area contributed by atoms with Crippen LogP contribution in [0.3, 0.4) is 0 Å². The molecule has 3 aromatic rings. The second-order valence-corrected chi connectivity index (χ2v) is 8.22. The van der Waals surface area contributed by atoms with E-state index in [0.717, 1.165) is 54.6 Å². The van der Waals surface area contributed by atoms with Gasteiger partial charge in [-0.15, -0.1) is 22.6 Å². The molecule has 29 heavy (non-hydrogen) atoms. The molecular weight excluding hydrogens is 410 g/mol. The van der Waals surface area contributed by atoms with Gasteiger partial charge in [0.1, 0.15) is 11.6 Å². The molecule has 1 aromatic heterocycles.